The maximum absolute atomic E-state index is 12.7. The Morgan fingerprint density at radius 3 is 2.72 bits per heavy atom. The molecule has 0 aromatic heterocycles. The second kappa shape index (κ2) is 8.43. The molecule has 160 valence electrons. The van der Waals surface area contributed by atoms with Gasteiger partial charge in [0.15, 0.2) is 0 Å². The highest BCUT2D eigenvalue weighted by atomic mass is 16.5. The van der Waals surface area contributed by atoms with Gasteiger partial charge in [0.2, 0.25) is 5.72 Å². The smallest absolute Gasteiger partial charge is 0.331 e. The van der Waals surface area contributed by atoms with E-state index >= 15 is 0 Å². The number of allylic oxidation sites excluding steroid dienone is 2. The fourth-order valence-corrected chi connectivity index (χ4v) is 2.89. The molecule has 3 rings (SSSR count). The third kappa shape index (κ3) is 4.23. The van der Waals surface area contributed by atoms with Gasteiger partial charge in [-0.1, -0.05) is 24.8 Å². The average molecular weight is 412 g/mol. The minimum Gasteiger partial charge on any atom is -0.458 e. The molecule has 3 saturated heterocycles. The van der Waals surface area contributed by atoms with E-state index in [4.69, 9.17) is 9.47 Å². The van der Waals surface area contributed by atoms with Crippen molar-refractivity contribution >= 4 is 17.8 Å². The van der Waals surface area contributed by atoms with Crippen LogP contribution in [0.3, 0.4) is 0 Å². The van der Waals surface area contributed by atoms with E-state index in [9.17, 15) is 34.8 Å². The highest BCUT2D eigenvalue weighted by Gasteiger charge is 2.63. The van der Waals surface area contributed by atoms with Crippen LogP contribution in [0.25, 0.3) is 0 Å². The van der Waals surface area contributed by atoms with Crippen molar-refractivity contribution in [3.63, 3.8) is 0 Å². The molecule has 11 nitrogen and oxygen atoms in total. The topological polar surface area (TPSA) is 175 Å². The molecule has 0 saturated carbocycles. The number of hydrogen-bond donors (Lipinski definition) is 6. The van der Waals surface area contributed by atoms with Crippen LogP contribution >= 0.6 is 0 Å². The van der Waals surface area contributed by atoms with E-state index in [1.54, 1.807) is 0 Å². The highest BCUT2D eigenvalue weighted by molar-refractivity contribution is 6.03. The first kappa shape index (κ1) is 22.7. The number of carbonyl (C=O) groups is 3. The van der Waals surface area contributed by atoms with Crippen molar-refractivity contribution in [2.24, 2.45) is 0 Å². The molecular weight excluding hydrogens is 388 g/mol. The van der Waals surface area contributed by atoms with E-state index in [0.29, 0.717) is 0 Å². The number of carbonyl (C=O) groups excluding carboxylic acids is 3. The lowest BCUT2D eigenvalue weighted by molar-refractivity contribution is -0.230. The van der Waals surface area contributed by atoms with Gasteiger partial charge in [0.05, 0.1) is 13.2 Å². The first-order chi connectivity index (χ1) is 13.5. The van der Waals surface area contributed by atoms with Gasteiger partial charge in [0.1, 0.15) is 18.3 Å². The number of amides is 2. The highest BCUT2D eigenvalue weighted by Crippen LogP contribution is 2.33. The molecule has 0 spiro atoms. The lowest BCUT2D eigenvalue weighted by Crippen LogP contribution is -2.82. The number of rotatable bonds is 7. The van der Waals surface area contributed by atoms with Gasteiger partial charge in [-0.05, 0) is 18.9 Å². The van der Waals surface area contributed by atoms with Crippen LogP contribution in [0.15, 0.2) is 36.5 Å². The summed E-state index contributed by atoms with van der Waals surface area (Å²) in [5, 5.41) is 44.8. The Labute approximate surface area is 166 Å². The van der Waals surface area contributed by atoms with Crippen molar-refractivity contribution in [1.82, 2.24) is 10.6 Å². The van der Waals surface area contributed by atoms with Crippen LogP contribution in [0.4, 0.5) is 0 Å². The van der Waals surface area contributed by atoms with Crippen molar-refractivity contribution < 1.29 is 44.3 Å². The molecule has 3 fully saturated rings. The summed E-state index contributed by atoms with van der Waals surface area (Å²) in [6.07, 6.45) is 2.80. The molecule has 29 heavy (non-hydrogen) atoms. The van der Waals surface area contributed by atoms with Gasteiger partial charge in [-0.3, -0.25) is 9.59 Å². The number of ether oxygens (including phenoxy) is 2. The van der Waals surface area contributed by atoms with E-state index in [1.165, 1.54) is 18.2 Å². The van der Waals surface area contributed by atoms with E-state index in [1.807, 2.05) is 0 Å². The number of nitrogens with one attached hydrogen (secondary N) is 2. The molecule has 4 atom stereocenters. The van der Waals surface area contributed by atoms with Gasteiger partial charge >= 0.3 is 5.97 Å². The molecule has 0 aromatic carbocycles. The van der Waals surface area contributed by atoms with Crippen LogP contribution in [-0.2, 0) is 23.9 Å². The number of aliphatic hydroxyl groups excluding tert-OH is 2. The number of esters is 1. The summed E-state index contributed by atoms with van der Waals surface area (Å²) in [7, 11) is 0. The minimum absolute atomic E-state index is 0.00725. The molecule has 6 N–H and O–H groups in total. The summed E-state index contributed by atoms with van der Waals surface area (Å²) in [6.45, 7) is 3.30. The van der Waals surface area contributed by atoms with Gasteiger partial charge in [0.25, 0.3) is 17.5 Å². The predicted molar refractivity (Wildman–Crippen MR) is 96.6 cm³/mol. The second-order valence-electron chi connectivity index (χ2n) is 6.84. The van der Waals surface area contributed by atoms with Gasteiger partial charge in [-0.2, -0.15) is 0 Å². The van der Waals surface area contributed by atoms with E-state index in [2.05, 4.69) is 17.2 Å². The summed E-state index contributed by atoms with van der Waals surface area (Å²) >= 11 is 0. The van der Waals surface area contributed by atoms with Crippen molar-refractivity contribution in [3.05, 3.63) is 36.5 Å². The van der Waals surface area contributed by atoms with Crippen LogP contribution in [0.2, 0.25) is 0 Å². The lowest BCUT2D eigenvalue weighted by Gasteiger charge is -2.49. The van der Waals surface area contributed by atoms with Crippen LogP contribution in [0.1, 0.15) is 13.3 Å². The fourth-order valence-electron chi connectivity index (χ4n) is 2.89. The van der Waals surface area contributed by atoms with E-state index in [0.717, 1.165) is 13.0 Å². The van der Waals surface area contributed by atoms with Crippen molar-refractivity contribution in [1.29, 1.82) is 0 Å². The fraction of sp³-hybridized carbons (Fsp3) is 0.500. The first-order valence-corrected chi connectivity index (χ1v) is 8.71. The molecule has 0 aromatic rings. The van der Waals surface area contributed by atoms with Gasteiger partial charge < -0.3 is 40.5 Å². The predicted octanol–water partition coefficient (Wildman–Crippen LogP) is -2.65. The number of aliphatic hydroxyl groups is 4. The van der Waals surface area contributed by atoms with Gasteiger partial charge in [0, 0.05) is 6.08 Å². The Balaban J connectivity index is 2.31. The standard InChI is InChI=1S/C18H24N2O9/c1-3-8-28-12(22)6-4-5-11-7-9-29-18(13(23)16(2,26)10-21)15(25)19-17(11,27)14(24)20-18/h3-6,13,21,23,26-27H,1,7-10H2,2H3,(H,19,25)(H,20,24)/b6-4+,11-5+/t13-,16-,17-,18+/m1/s1. The quantitative estimate of drug-likeness (QED) is 0.148. The van der Waals surface area contributed by atoms with Crippen LogP contribution in [0, 0.1) is 0 Å². The SMILES string of the molecule is C=CCOC(=O)/C=C/C=C1\CCO[C@]2([C@H](O)[C@](C)(O)CO)NC(=O)[C@@]1(O)NC2=O. The summed E-state index contributed by atoms with van der Waals surface area (Å²) in [5.74, 6) is -2.93. The summed E-state index contributed by atoms with van der Waals surface area (Å²) in [5.41, 5.74) is -7.06. The average Bonchev–Trinajstić information content (AvgIpc) is 2.67. The van der Waals surface area contributed by atoms with E-state index in [-0.39, 0.29) is 25.2 Å². The zero-order valence-electron chi connectivity index (χ0n) is 15.8. The lowest BCUT2D eigenvalue weighted by atomic mass is 9.84. The zero-order valence-corrected chi connectivity index (χ0v) is 15.8. The second-order valence-corrected chi connectivity index (χ2v) is 6.84. The largest absolute Gasteiger partial charge is 0.458 e. The van der Waals surface area contributed by atoms with Crippen LogP contribution < -0.4 is 10.6 Å². The molecule has 2 bridgehead atoms. The van der Waals surface area contributed by atoms with Crippen molar-refractivity contribution in [3.8, 4) is 0 Å². The number of fused-ring (bicyclic) bond motifs is 5. The molecule has 0 aliphatic carbocycles. The first-order valence-electron chi connectivity index (χ1n) is 8.71. The maximum Gasteiger partial charge on any atom is 0.331 e. The number of piperazine rings is 1. The Bertz CT molecular complexity index is 760. The van der Waals surface area contributed by atoms with Crippen molar-refractivity contribution in [2.75, 3.05) is 19.8 Å². The molecule has 3 heterocycles. The molecule has 11 heteroatoms. The molecule has 0 radical (unpaired) electrons. The van der Waals surface area contributed by atoms with Crippen LogP contribution in [-0.4, -0.2) is 81.2 Å². The molecule has 3 aliphatic heterocycles. The maximum atomic E-state index is 12.7. The zero-order chi connectivity index (χ0) is 21.9. The van der Waals surface area contributed by atoms with Crippen LogP contribution in [0.5, 0.6) is 0 Å². The Hall–Kier alpha value is -2.57. The summed E-state index contributed by atoms with van der Waals surface area (Å²) in [4.78, 5) is 36.7. The monoisotopic (exact) mass is 412 g/mol. The Kier molecular flexibility index (Phi) is 6.60. The minimum atomic E-state index is -2.47. The van der Waals surface area contributed by atoms with E-state index < -0.39 is 47.5 Å². The molecule has 0 unspecified atom stereocenters. The molecule has 3 aliphatic rings. The number of hydrogen-bond acceptors (Lipinski definition) is 9. The Morgan fingerprint density at radius 1 is 1.41 bits per heavy atom. The van der Waals surface area contributed by atoms with Gasteiger partial charge in [-0.15, -0.1) is 0 Å². The molecule has 2 amide bonds. The molecular formula is C18H24N2O9. The third-order valence-electron chi connectivity index (χ3n) is 4.59. The summed E-state index contributed by atoms with van der Waals surface area (Å²) in [6, 6.07) is 0. The van der Waals surface area contributed by atoms with Gasteiger partial charge in [-0.25, -0.2) is 4.79 Å². The van der Waals surface area contributed by atoms with Crippen molar-refractivity contribution in [2.45, 2.75) is 36.5 Å². The third-order valence-corrected chi connectivity index (χ3v) is 4.59. The summed E-state index contributed by atoms with van der Waals surface area (Å²) < 4.78 is 10.2. The normalized spacial score (nSPS) is 31.4. The Morgan fingerprint density at radius 2 is 2.10 bits per heavy atom.